The number of unbranched alkanes of at least 4 members (excludes halogenated alkanes) is 1. The Morgan fingerprint density at radius 2 is 2.15 bits per heavy atom. The number of esters is 1. The normalized spacial score (nSPS) is 21.1. The van der Waals surface area contributed by atoms with E-state index in [1.165, 1.54) is 0 Å². The Morgan fingerprint density at radius 3 is 2.85 bits per heavy atom. The zero-order valence-electron chi connectivity index (χ0n) is 11.0. The van der Waals surface area contributed by atoms with Gasteiger partial charge in [-0.3, -0.25) is 0 Å². The predicted octanol–water partition coefficient (Wildman–Crippen LogP) is 2.20. The van der Waals surface area contributed by atoms with Gasteiger partial charge in [-0.05, 0) is 6.42 Å². The number of hydrogen-bond acceptors (Lipinski definition) is 5. The number of fused-ring (bicyclic) bond motifs is 1. The molecule has 1 atom stereocenters. The molecule has 0 spiro atoms. The number of halogens is 1. The van der Waals surface area contributed by atoms with Gasteiger partial charge >= 0.3 is 5.97 Å². The van der Waals surface area contributed by atoms with Crippen LogP contribution in [0.25, 0.3) is 5.76 Å². The Labute approximate surface area is 121 Å². The lowest BCUT2D eigenvalue weighted by atomic mass is 9.99. The molecule has 1 unspecified atom stereocenters. The molecule has 0 fully saturated rings. The number of rotatable bonds is 4. The summed E-state index contributed by atoms with van der Waals surface area (Å²) in [6.45, 7) is 2.22. The van der Waals surface area contributed by atoms with Gasteiger partial charge in [0.2, 0.25) is 5.18 Å². The van der Waals surface area contributed by atoms with Crippen LogP contribution < -0.4 is 5.32 Å². The maximum atomic E-state index is 11.9. The number of aliphatic hydroxyl groups is 2. The summed E-state index contributed by atoms with van der Waals surface area (Å²) in [6, 6.07) is 6.47. The third-order valence-corrected chi connectivity index (χ3v) is 3.30. The highest BCUT2D eigenvalue weighted by atomic mass is 35.5. The van der Waals surface area contributed by atoms with E-state index < -0.39 is 11.2 Å². The first-order valence-electron chi connectivity index (χ1n) is 6.37. The summed E-state index contributed by atoms with van der Waals surface area (Å²) in [6.07, 6.45) is 1.61. The number of nitrogens with one attached hydrogen (secondary N) is 1. The molecule has 0 amide bonds. The molecule has 0 saturated heterocycles. The van der Waals surface area contributed by atoms with E-state index in [9.17, 15) is 15.0 Å². The number of aliphatic hydroxyl groups excluding tert-OH is 1. The van der Waals surface area contributed by atoms with Crippen molar-refractivity contribution in [3.05, 3.63) is 41.1 Å². The second-order valence-corrected chi connectivity index (χ2v) is 5.05. The zero-order chi connectivity index (χ0) is 14.8. The highest BCUT2D eigenvalue weighted by molar-refractivity contribution is 6.23. The largest absolute Gasteiger partial charge is 0.505 e. The van der Waals surface area contributed by atoms with Crippen LogP contribution in [0.5, 0.6) is 0 Å². The van der Waals surface area contributed by atoms with E-state index >= 15 is 0 Å². The van der Waals surface area contributed by atoms with Crippen LogP contribution in [-0.4, -0.2) is 22.8 Å². The van der Waals surface area contributed by atoms with Gasteiger partial charge in [0, 0.05) is 11.1 Å². The van der Waals surface area contributed by atoms with Crippen molar-refractivity contribution in [2.24, 2.45) is 0 Å². The minimum absolute atomic E-state index is 0.239. The molecule has 3 N–H and O–H groups in total. The van der Waals surface area contributed by atoms with Crippen molar-refractivity contribution >= 4 is 23.3 Å². The molecule has 6 heteroatoms. The van der Waals surface area contributed by atoms with Gasteiger partial charge in [-0.2, -0.15) is 0 Å². The number of carbonyl (C=O) groups excluding carboxylic acids is 1. The first-order valence-corrected chi connectivity index (χ1v) is 6.75. The van der Waals surface area contributed by atoms with E-state index in [1.54, 1.807) is 24.3 Å². The summed E-state index contributed by atoms with van der Waals surface area (Å²) in [5.74, 6) is -1.03. The van der Waals surface area contributed by atoms with E-state index in [0.717, 1.165) is 12.8 Å². The number of alkyl halides is 1. The average molecular weight is 298 g/mol. The molecule has 1 aromatic rings. The van der Waals surface area contributed by atoms with Gasteiger partial charge in [0.1, 0.15) is 0 Å². The summed E-state index contributed by atoms with van der Waals surface area (Å²) in [5, 5.41) is 20.7. The molecule has 1 aromatic carbocycles. The smallest absolute Gasteiger partial charge is 0.358 e. The molecule has 1 aliphatic rings. The summed E-state index contributed by atoms with van der Waals surface area (Å²) >= 11 is 5.96. The summed E-state index contributed by atoms with van der Waals surface area (Å²) in [4.78, 5) is 11.9. The molecule has 0 radical (unpaired) electrons. The van der Waals surface area contributed by atoms with Crippen LogP contribution in [0.4, 0.5) is 0 Å². The Hall–Kier alpha value is -1.72. The van der Waals surface area contributed by atoms with Crippen LogP contribution in [0.15, 0.2) is 30.0 Å². The molecule has 0 aliphatic carbocycles. The fourth-order valence-corrected chi connectivity index (χ4v) is 2.19. The van der Waals surface area contributed by atoms with Crippen molar-refractivity contribution in [2.75, 3.05) is 6.61 Å². The molecule has 0 aromatic heterocycles. The maximum absolute atomic E-state index is 11.9. The summed E-state index contributed by atoms with van der Waals surface area (Å²) < 4.78 is 5.01. The Bertz CT molecular complexity index is 554. The Kier molecular flexibility index (Phi) is 4.20. The first kappa shape index (κ1) is 14.7. The standard InChI is InChI=1S/C14H16ClNO4/c1-2-3-8-20-13(18)11-12(17)9-6-4-5-7-10(9)14(15,19)16-11/h4-7,16-17,19H,2-3,8H2,1H3. The van der Waals surface area contributed by atoms with Crippen molar-refractivity contribution in [3.63, 3.8) is 0 Å². The molecular formula is C14H16ClNO4. The zero-order valence-corrected chi connectivity index (χ0v) is 11.8. The second-order valence-electron chi connectivity index (χ2n) is 4.51. The molecular weight excluding hydrogens is 282 g/mol. The number of carbonyl (C=O) groups is 1. The predicted molar refractivity (Wildman–Crippen MR) is 74.7 cm³/mol. The van der Waals surface area contributed by atoms with Crippen LogP contribution in [0, 0.1) is 0 Å². The number of benzene rings is 1. The number of ether oxygens (including phenoxy) is 1. The monoisotopic (exact) mass is 297 g/mol. The second kappa shape index (κ2) is 5.73. The molecule has 108 valence electrons. The quantitative estimate of drug-likeness (QED) is 0.344. The fourth-order valence-electron chi connectivity index (χ4n) is 1.93. The van der Waals surface area contributed by atoms with Gasteiger partial charge in [0.05, 0.1) is 6.61 Å². The third kappa shape index (κ3) is 2.73. The van der Waals surface area contributed by atoms with Crippen molar-refractivity contribution < 1.29 is 19.7 Å². The minimum Gasteiger partial charge on any atom is -0.505 e. The molecule has 0 saturated carbocycles. The minimum atomic E-state index is -1.96. The van der Waals surface area contributed by atoms with Crippen LogP contribution in [0.3, 0.4) is 0 Å². The molecule has 20 heavy (non-hydrogen) atoms. The third-order valence-electron chi connectivity index (χ3n) is 3.00. The van der Waals surface area contributed by atoms with Gasteiger partial charge in [0.15, 0.2) is 11.5 Å². The lowest BCUT2D eigenvalue weighted by Crippen LogP contribution is -2.43. The summed E-state index contributed by atoms with van der Waals surface area (Å²) in [7, 11) is 0. The molecule has 5 nitrogen and oxygen atoms in total. The van der Waals surface area contributed by atoms with Gasteiger partial charge in [-0.1, -0.05) is 49.2 Å². The highest BCUT2D eigenvalue weighted by Gasteiger charge is 2.38. The Morgan fingerprint density at radius 1 is 1.45 bits per heavy atom. The van der Waals surface area contributed by atoms with Gasteiger partial charge in [-0.25, -0.2) is 4.79 Å². The molecule has 2 rings (SSSR count). The van der Waals surface area contributed by atoms with Crippen LogP contribution in [-0.2, 0) is 14.7 Å². The van der Waals surface area contributed by atoms with Gasteiger partial charge < -0.3 is 20.3 Å². The summed E-state index contributed by atoms with van der Waals surface area (Å²) in [5.41, 5.74) is 0.341. The van der Waals surface area contributed by atoms with Crippen LogP contribution in [0.2, 0.25) is 0 Å². The van der Waals surface area contributed by atoms with Gasteiger partial charge in [-0.15, -0.1) is 0 Å². The van der Waals surface area contributed by atoms with E-state index in [0.29, 0.717) is 5.56 Å². The maximum Gasteiger partial charge on any atom is 0.358 e. The van der Waals surface area contributed by atoms with Crippen molar-refractivity contribution in [1.29, 1.82) is 0 Å². The molecule has 0 bridgehead atoms. The first-order chi connectivity index (χ1) is 9.47. The Balaban J connectivity index is 2.33. The van der Waals surface area contributed by atoms with E-state index in [4.69, 9.17) is 16.3 Å². The van der Waals surface area contributed by atoms with E-state index in [2.05, 4.69) is 5.32 Å². The van der Waals surface area contributed by atoms with Crippen molar-refractivity contribution in [2.45, 2.75) is 24.9 Å². The van der Waals surface area contributed by atoms with Gasteiger partial charge in [0.25, 0.3) is 0 Å². The van der Waals surface area contributed by atoms with Crippen molar-refractivity contribution in [1.82, 2.24) is 5.32 Å². The average Bonchev–Trinajstić information content (AvgIpc) is 2.43. The number of hydrogen-bond donors (Lipinski definition) is 3. The molecule has 1 heterocycles. The van der Waals surface area contributed by atoms with Crippen LogP contribution in [0.1, 0.15) is 30.9 Å². The van der Waals surface area contributed by atoms with Crippen molar-refractivity contribution in [3.8, 4) is 0 Å². The van der Waals surface area contributed by atoms with Crippen LogP contribution >= 0.6 is 11.6 Å². The lowest BCUT2D eigenvalue weighted by Gasteiger charge is -2.31. The topological polar surface area (TPSA) is 78.8 Å². The SMILES string of the molecule is CCCCOC(=O)C1=C(O)c2ccccc2C(O)(Cl)N1. The molecule has 1 aliphatic heterocycles. The van der Waals surface area contributed by atoms with E-state index in [-0.39, 0.29) is 23.6 Å². The lowest BCUT2D eigenvalue weighted by molar-refractivity contribution is -0.140. The van der Waals surface area contributed by atoms with E-state index in [1.807, 2.05) is 6.92 Å². The fraction of sp³-hybridized carbons (Fsp3) is 0.357. The highest BCUT2D eigenvalue weighted by Crippen LogP contribution is 2.36.